The van der Waals surface area contributed by atoms with Crippen molar-refractivity contribution in [2.24, 2.45) is 0 Å². The van der Waals surface area contributed by atoms with Gasteiger partial charge in [0.25, 0.3) is 0 Å². The zero-order valence-corrected chi connectivity index (χ0v) is 13.4. The maximum Gasteiger partial charge on any atom is 0.168 e. The predicted molar refractivity (Wildman–Crippen MR) is 87.2 cm³/mol. The van der Waals surface area contributed by atoms with Crippen molar-refractivity contribution in [1.82, 2.24) is 5.32 Å². The molecule has 2 aromatic carbocycles. The van der Waals surface area contributed by atoms with E-state index in [9.17, 15) is 0 Å². The Bertz CT molecular complexity index is 623. The summed E-state index contributed by atoms with van der Waals surface area (Å²) >= 11 is 0. The molecule has 0 spiro atoms. The normalized spacial score (nSPS) is 12.0. The number of benzene rings is 2. The summed E-state index contributed by atoms with van der Waals surface area (Å²) < 4.78 is 11.1. The maximum absolute atomic E-state index is 5.60. The summed E-state index contributed by atoms with van der Waals surface area (Å²) in [7, 11) is 5.31. The summed E-state index contributed by atoms with van der Waals surface area (Å²) in [5, 5.41) is 3.27. The number of ether oxygens (including phenoxy) is 2. The third-order valence-electron chi connectivity index (χ3n) is 3.87. The second-order valence-corrected chi connectivity index (χ2v) is 5.13. The Hall–Kier alpha value is -2.00. The van der Waals surface area contributed by atoms with Crippen LogP contribution in [0.25, 0.3) is 11.1 Å². The van der Waals surface area contributed by atoms with Crippen LogP contribution in [-0.4, -0.2) is 21.3 Å². The van der Waals surface area contributed by atoms with E-state index in [4.69, 9.17) is 9.47 Å². The van der Waals surface area contributed by atoms with E-state index in [2.05, 4.69) is 37.4 Å². The molecule has 3 nitrogen and oxygen atoms in total. The molecule has 2 aromatic rings. The van der Waals surface area contributed by atoms with Gasteiger partial charge >= 0.3 is 0 Å². The van der Waals surface area contributed by atoms with Gasteiger partial charge in [-0.1, -0.05) is 24.3 Å². The molecule has 0 saturated heterocycles. The van der Waals surface area contributed by atoms with Crippen LogP contribution >= 0.6 is 0 Å². The van der Waals surface area contributed by atoms with Crippen LogP contribution in [0.1, 0.15) is 24.1 Å². The van der Waals surface area contributed by atoms with Crippen LogP contribution in [0, 0.1) is 6.92 Å². The van der Waals surface area contributed by atoms with Crippen molar-refractivity contribution in [3.63, 3.8) is 0 Å². The van der Waals surface area contributed by atoms with Crippen molar-refractivity contribution in [2.75, 3.05) is 21.3 Å². The zero-order chi connectivity index (χ0) is 15.4. The molecule has 0 heterocycles. The number of nitrogens with one attached hydrogen (secondary N) is 1. The molecule has 0 saturated carbocycles. The Kier molecular flexibility index (Phi) is 4.86. The molecule has 21 heavy (non-hydrogen) atoms. The minimum absolute atomic E-state index is 0.243. The van der Waals surface area contributed by atoms with Crippen LogP contribution in [0.4, 0.5) is 0 Å². The molecule has 0 aromatic heterocycles. The van der Waals surface area contributed by atoms with Crippen LogP contribution in [0.3, 0.4) is 0 Å². The van der Waals surface area contributed by atoms with Gasteiger partial charge in [0.1, 0.15) is 0 Å². The molecule has 0 aliphatic carbocycles. The van der Waals surface area contributed by atoms with Gasteiger partial charge in [-0.15, -0.1) is 0 Å². The first-order chi connectivity index (χ1) is 10.1. The smallest absolute Gasteiger partial charge is 0.168 e. The van der Waals surface area contributed by atoms with E-state index >= 15 is 0 Å². The lowest BCUT2D eigenvalue weighted by atomic mass is 9.95. The Morgan fingerprint density at radius 2 is 1.71 bits per heavy atom. The Balaban J connectivity index is 2.70. The van der Waals surface area contributed by atoms with Crippen LogP contribution in [0.15, 0.2) is 36.4 Å². The highest BCUT2D eigenvalue weighted by molar-refractivity contribution is 5.77. The van der Waals surface area contributed by atoms with Crippen molar-refractivity contribution in [2.45, 2.75) is 19.9 Å². The molecule has 0 amide bonds. The van der Waals surface area contributed by atoms with Gasteiger partial charge in [-0.2, -0.15) is 0 Å². The van der Waals surface area contributed by atoms with E-state index in [-0.39, 0.29) is 6.04 Å². The lowest BCUT2D eigenvalue weighted by Gasteiger charge is -2.19. The molecule has 2 rings (SSSR count). The highest BCUT2D eigenvalue weighted by Gasteiger charge is 2.17. The van der Waals surface area contributed by atoms with Gasteiger partial charge in [-0.3, -0.25) is 0 Å². The molecular formula is C18H23NO2. The van der Waals surface area contributed by atoms with Crippen LogP contribution in [0.2, 0.25) is 0 Å². The first kappa shape index (κ1) is 15.4. The number of hydrogen-bond donors (Lipinski definition) is 1. The molecule has 1 N–H and O–H groups in total. The standard InChI is InChI=1S/C18H23NO2/c1-12-8-6-7-9-15(12)16-10-14(13(2)19-3)11-17(20-4)18(16)21-5/h6-11,13,19H,1-5H3. The van der Waals surface area contributed by atoms with Crippen molar-refractivity contribution in [3.05, 3.63) is 47.5 Å². The van der Waals surface area contributed by atoms with E-state index in [0.29, 0.717) is 0 Å². The van der Waals surface area contributed by atoms with E-state index in [1.807, 2.05) is 25.2 Å². The SMILES string of the molecule is CNC(C)c1cc(OC)c(OC)c(-c2ccccc2C)c1. The molecule has 3 heteroatoms. The second kappa shape index (κ2) is 6.64. The minimum Gasteiger partial charge on any atom is -0.493 e. The summed E-state index contributed by atoms with van der Waals surface area (Å²) in [6.45, 7) is 4.23. The zero-order valence-electron chi connectivity index (χ0n) is 13.4. The third-order valence-corrected chi connectivity index (χ3v) is 3.87. The fourth-order valence-corrected chi connectivity index (χ4v) is 2.48. The fraction of sp³-hybridized carbons (Fsp3) is 0.333. The van der Waals surface area contributed by atoms with Crippen molar-refractivity contribution in [3.8, 4) is 22.6 Å². The van der Waals surface area contributed by atoms with E-state index < -0.39 is 0 Å². The van der Waals surface area contributed by atoms with Crippen LogP contribution in [0.5, 0.6) is 11.5 Å². The Morgan fingerprint density at radius 1 is 1.00 bits per heavy atom. The lowest BCUT2D eigenvalue weighted by molar-refractivity contribution is 0.355. The highest BCUT2D eigenvalue weighted by atomic mass is 16.5. The summed E-state index contributed by atoms with van der Waals surface area (Å²) in [6, 6.07) is 12.8. The van der Waals surface area contributed by atoms with Gasteiger partial charge in [0, 0.05) is 11.6 Å². The Labute approximate surface area is 126 Å². The second-order valence-electron chi connectivity index (χ2n) is 5.13. The number of aryl methyl sites for hydroxylation is 1. The quantitative estimate of drug-likeness (QED) is 0.902. The van der Waals surface area contributed by atoms with Crippen LogP contribution < -0.4 is 14.8 Å². The summed E-state index contributed by atoms with van der Waals surface area (Å²) in [5.41, 5.74) is 4.62. The largest absolute Gasteiger partial charge is 0.493 e. The average Bonchev–Trinajstić information content (AvgIpc) is 2.53. The van der Waals surface area contributed by atoms with Gasteiger partial charge in [0.15, 0.2) is 11.5 Å². The molecule has 112 valence electrons. The maximum atomic E-state index is 5.60. The van der Waals surface area contributed by atoms with E-state index in [1.54, 1.807) is 14.2 Å². The monoisotopic (exact) mass is 285 g/mol. The third kappa shape index (κ3) is 3.03. The molecule has 0 radical (unpaired) electrons. The minimum atomic E-state index is 0.243. The van der Waals surface area contributed by atoms with Gasteiger partial charge in [0.2, 0.25) is 0 Å². The topological polar surface area (TPSA) is 30.5 Å². The molecule has 0 aliphatic rings. The van der Waals surface area contributed by atoms with E-state index in [0.717, 1.165) is 22.6 Å². The number of hydrogen-bond acceptors (Lipinski definition) is 3. The first-order valence-corrected chi connectivity index (χ1v) is 7.11. The molecule has 0 aliphatic heterocycles. The van der Waals surface area contributed by atoms with Crippen molar-refractivity contribution >= 4 is 0 Å². The van der Waals surface area contributed by atoms with E-state index in [1.165, 1.54) is 11.1 Å². The Morgan fingerprint density at radius 3 is 2.29 bits per heavy atom. The van der Waals surface area contributed by atoms with Crippen LogP contribution in [-0.2, 0) is 0 Å². The fourth-order valence-electron chi connectivity index (χ4n) is 2.48. The highest BCUT2D eigenvalue weighted by Crippen LogP contribution is 2.41. The van der Waals surface area contributed by atoms with Gasteiger partial charge in [-0.25, -0.2) is 0 Å². The van der Waals surface area contributed by atoms with Crippen molar-refractivity contribution < 1.29 is 9.47 Å². The summed E-state index contributed by atoms with van der Waals surface area (Å²) in [4.78, 5) is 0. The number of methoxy groups -OCH3 is 2. The molecule has 0 fully saturated rings. The molecule has 1 unspecified atom stereocenters. The average molecular weight is 285 g/mol. The molecular weight excluding hydrogens is 262 g/mol. The van der Waals surface area contributed by atoms with Gasteiger partial charge in [-0.05, 0) is 49.7 Å². The summed E-state index contributed by atoms with van der Waals surface area (Å²) in [6.07, 6.45) is 0. The molecule has 1 atom stereocenters. The lowest BCUT2D eigenvalue weighted by Crippen LogP contribution is -2.12. The van der Waals surface area contributed by atoms with Crippen molar-refractivity contribution in [1.29, 1.82) is 0 Å². The number of rotatable bonds is 5. The van der Waals surface area contributed by atoms with Gasteiger partial charge in [0.05, 0.1) is 14.2 Å². The molecule has 0 bridgehead atoms. The summed E-state index contributed by atoms with van der Waals surface area (Å²) in [5.74, 6) is 1.54. The van der Waals surface area contributed by atoms with Gasteiger partial charge < -0.3 is 14.8 Å². The first-order valence-electron chi connectivity index (χ1n) is 7.11. The predicted octanol–water partition coefficient (Wildman–Crippen LogP) is 3.96.